The summed E-state index contributed by atoms with van der Waals surface area (Å²) in [5.41, 5.74) is 3.87. The van der Waals surface area contributed by atoms with Gasteiger partial charge in [-0.15, -0.1) is 0 Å². The van der Waals surface area contributed by atoms with Crippen LogP contribution in [0.25, 0.3) is 0 Å². The Morgan fingerprint density at radius 3 is 2.58 bits per heavy atom. The molecule has 0 radical (unpaired) electrons. The molecule has 1 aromatic rings. The molecule has 4 heteroatoms. The van der Waals surface area contributed by atoms with Crippen LogP contribution in [-0.2, 0) is 22.1 Å². The van der Waals surface area contributed by atoms with Crippen molar-refractivity contribution < 1.29 is 9.22 Å². The van der Waals surface area contributed by atoms with Gasteiger partial charge in [0.05, 0.1) is 0 Å². The van der Waals surface area contributed by atoms with Crippen molar-refractivity contribution in [1.82, 2.24) is 5.32 Å². The molecule has 2 rings (SSSR count). The molecular weight excluding hydrogens is 314 g/mol. The Hall–Kier alpha value is -0.973. The van der Waals surface area contributed by atoms with Gasteiger partial charge in [0.1, 0.15) is 5.78 Å². The molecule has 0 amide bonds. The van der Waals surface area contributed by atoms with Crippen LogP contribution in [0.3, 0.4) is 0 Å². The number of hydrogen-bond donors (Lipinski definition) is 1. The van der Waals surface area contributed by atoms with Crippen LogP contribution in [0.2, 0.25) is 18.1 Å². The molecular formula is C20H33NO2Si. The van der Waals surface area contributed by atoms with E-state index in [1.165, 1.54) is 16.7 Å². The van der Waals surface area contributed by atoms with Crippen LogP contribution < -0.4 is 5.32 Å². The van der Waals surface area contributed by atoms with Crippen molar-refractivity contribution in [3.63, 3.8) is 0 Å². The number of benzene rings is 1. The molecule has 1 aromatic carbocycles. The van der Waals surface area contributed by atoms with Crippen molar-refractivity contribution in [2.45, 2.75) is 77.7 Å². The van der Waals surface area contributed by atoms with Gasteiger partial charge in [-0.25, -0.2) is 0 Å². The van der Waals surface area contributed by atoms with Gasteiger partial charge in [-0.05, 0) is 55.1 Å². The maximum atomic E-state index is 11.6. The van der Waals surface area contributed by atoms with Gasteiger partial charge >= 0.3 is 0 Å². The highest BCUT2D eigenvalue weighted by Gasteiger charge is 2.38. The topological polar surface area (TPSA) is 38.3 Å². The first-order valence-corrected chi connectivity index (χ1v) is 11.9. The smallest absolute Gasteiger partial charge is 0.192 e. The van der Waals surface area contributed by atoms with Crippen LogP contribution in [0.15, 0.2) is 18.2 Å². The summed E-state index contributed by atoms with van der Waals surface area (Å²) in [6.07, 6.45) is 1.48. The summed E-state index contributed by atoms with van der Waals surface area (Å²) in [6.45, 7) is 16.0. The second-order valence-corrected chi connectivity index (χ2v) is 13.5. The monoisotopic (exact) mass is 347 g/mol. The SMILES string of the molecule is CC(=O)Cc1cccc2c1C[C@H](CO[Si](C)(C)C(C)(C)C)N[C@H]2C. The van der Waals surface area contributed by atoms with E-state index >= 15 is 0 Å². The fraction of sp³-hybridized carbons (Fsp3) is 0.650. The lowest BCUT2D eigenvalue weighted by Crippen LogP contribution is -2.47. The lowest BCUT2D eigenvalue weighted by atomic mass is 9.86. The number of Topliss-reactive ketones (excluding diaryl/α,β-unsaturated/α-hetero) is 1. The number of fused-ring (bicyclic) bond motifs is 1. The van der Waals surface area contributed by atoms with E-state index in [9.17, 15) is 4.79 Å². The van der Waals surface area contributed by atoms with Gasteiger partial charge in [-0.3, -0.25) is 4.79 Å². The van der Waals surface area contributed by atoms with Gasteiger partial charge in [-0.1, -0.05) is 39.0 Å². The van der Waals surface area contributed by atoms with Crippen LogP contribution >= 0.6 is 0 Å². The average Bonchev–Trinajstić information content (AvgIpc) is 2.44. The molecule has 0 bridgehead atoms. The van der Waals surface area contributed by atoms with Crippen molar-refractivity contribution in [1.29, 1.82) is 0 Å². The lowest BCUT2D eigenvalue weighted by Gasteiger charge is -2.39. The van der Waals surface area contributed by atoms with Gasteiger partial charge in [0.15, 0.2) is 8.32 Å². The summed E-state index contributed by atoms with van der Waals surface area (Å²) >= 11 is 0. The summed E-state index contributed by atoms with van der Waals surface area (Å²) in [6, 6.07) is 6.97. The van der Waals surface area contributed by atoms with Crippen molar-refractivity contribution in [3.05, 3.63) is 34.9 Å². The molecule has 0 unspecified atom stereocenters. The molecule has 0 spiro atoms. The minimum Gasteiger partial charge on any atom is -0.415 e. The summed E-state index contributed by atoms with van der Waals surface area (Å²) in [5, 5.41) is 3.92. The Kier molecular flexibility index (Phi) is 5.73. The molecule has 0 fully saturated rings. The molecule has 0 saturated carbocycles. The highest BCUT2D eigenvalue weighted by Crippen LogP contribution is 2.37. The number of nitrogens with one attached hydrogen (secondary N) is 1. The van der Waals surface area contributed by atoms with Crippen LogP contribution in [0, 0.1) is 0 Å². The second kappa shape index (κ2) is 7.10. The van der Waals surface area contributed by atoms with Gasteiger partial charge in [0.25, 0.3) is 0 Å². The van der Waals surface area contributed by atoms with Crippen LogP contribution in [0.4, 0.5) is 0 Å². The third-order valence-electron chi connectivity index (χ3n) is 5.60. The largest absolute Gasteiger partial charge is 0.415 e. The van der Waals surface area contributed by atoms with Crippen molar-refractivity contribution in [2.75, 3.05) is 6.61 Å². The molecule has 134 valence electrons. The zero-order valence-electron chi connectivity index (χ0n) is 16.3. The zero-order valence-corrected chi connectivity index (χ0v) is 17.3. The number of rotatable bonds is 5. The quantitative estimate of drug-likeness (QED) is 0.802. The van der Waals surface area contributed by atoms with Crippen LogP contribution in [0.1, 0.15) is 57.4 Å². The summed E-state index contributed by atoms with van der Waals surface area (Å²) in [4.78, 5) is 11.6. The second-order valence-electron chi connectivity index (χ2n) is 8.72. The van der Waals surface area contributed by atoms with Crippen LogP contribution in [-0.4, -0.2) is 26.7 Å². The number of ketones is 1. The first-order valence-electron chi connectivity index (χ1n) is 9.01. The van der Waals surface area contributed by atoms with E-state index in [2.05, 4.69) is 64.3 Å². The highest BCUT2D eigenvalue weighted by molar-refractivity contribution is 6.74. The fourth-order valence-corrected chi connectivity index (χ4v) is 4.17. The predicted molar refractivity (Wildman–Crippen MR) is 103 cm³/mol. The number of hydrogen-bond acceptors (Lipinski definition) is 3. The first kappa shape index (κ1) is 19.4. The molecule has 1 aliphatic heterocycles. The van der Waals surface area contributed by atoms with E-state index in [0.29, 0.717) is 18.5 Å². The lowest BCUT2D eigenvalue weighted by molar-refractivity contribution is -0.116. The van der Waals surface area contributed by atoms with Crippen LogP contribution in [0.5, 0.6) is 0 Å². The maximum absolute atomic E-state index is 11.6. The number of carbonyl (C=O) groups excluding carboxylic acids is 1. The van der Waals surface area contributed by atoms with Crippen molar-refractivity contribution >= 4 is 14.1 Å². The molecule has 3 nitrogen and oxygen atoms in total. The minimum absolute atomic E-state index is 0.226. The molecule has 1 N–H and O–H groups in total. The Balaban J connectivity index is 2.15. The number of carbonyl (C=O) groups is 1. The molecule has 1 aliphatic rings. The first-order chi connectivity index (χ1) is 11.0. The van der Waals surface area contributed by atoms with Crippen molar-refractivity contribution in [2.24, 2.45) is 0 Å². The molecule has 2 atom stereocenters. The van der Waals surface area contributed by atoms with E-state index < -0.39 is 8.32 Å². The minimum atomic E-state index is -1.74. The Labute approximate surface area is 148 Å². The normalized spacial score (nSPS) is 21.5. The van der Waals surface area contributed by atoms with Gasteiger partial charge in [0, 0.05) is 25.1 Å². The highest BCUT2D eigenvalue weighted by atomic mass is 28.4. The van der Waals surface area contributed by atoms with Gasteiger partial charge in [-0.2, -0.15) is 0 Å². The van der Waals surface area contributed by atoms with Crippen molar-refractivity contribution in [3.8, 4) is 0 Å². The van der Waals surface area contributed by atoms with E-state index in [0.717, 1.165) is 13.0 Å². The summed E-state index contributed by atoms with van der Waals surface area (Å²) in [7, 11) is -1.74. The summed E-state index contributed by atoms with van der Waals surface area (Å²) < 4.78 is 6.43. The predicted octanol–water partition coefficient (Wildman–Crippen LogP) is 4.42. The molecule has 0 aromatic heterocycles. The standard InChI is InChI=1S/C20H33NO2Si/c1-14(22)11-16-9-8-10-18-15(2)21-17(12-19(16)18)13-23-24(6,7)20(3,4)5/h8-10,15,17,21H,11-13H2,1-7H3/t15-,17+/m0/s1. The van der Waals surface area contributed by atoms with E-state index in [1.54, 1.807) is 6.92 Å². The maximum Gasteiger partial charge on any atom is 0.192 e. The Morgan fingerprint density at radius 2 is 2.00 bits per heavy atom. The molecule has 0 aliphatic carbocycles. The summed E-state index contributed by atoms with van der Waals surface area (Å²) in [5.74, 6) is 0.226. The average molecular weight is 348 g/mol. The van der Waals surface area contributed by atoms with E-state index in [1.807, 2.05) is 0 Å². The zero-order chi connectivity index (χ0) is 18.1. The third kappa shape index (κ3) is 4.35. The molecule has 1 heterocycles. The molecule has 24 heavy (non-hydrogen) atoms. The van der Waals surface area contributed by atoms with E-state index in [-0.39, 0.29) is 10.8 Å². The van der Waals surface area contributed by atoms with E-state index in [4.69, 9.17) is 4.43 Å². The van der Waals surface area contributed by atoms with Gasteiger partial charge in [0.2, 0.25) is 0 Å². The van der Waals surface area contributed by atoms with Gasteiger partial charge < -0.3 is 9.74 Å². The molecule has 0 saturated heterocycles. The third-order valence-corrected chi connectivity index (χ3v) is 10.1. The fourth-order valence-electron chi connectivity index (χ4n) is 3.12. The Morgan fingerprint density at radius 1 is 1.33 bits per heavy atom. The Bertz CT molecular complexity index is 604.